The van der Waals surface area contributed by atoms with Gasteiger partial charge in [-0.2, -0.15) is 0 Å². The lowest BCUT2D eigenvalue weighted by Crippen LogP contribution is -2.29. The quantitative estimate of drug-likeness (QED) is 0.839. The first-order valence-corrected chi connectivity index (χ1v) is 6.99. The summed E-state index contributed by atoms with van der Waals surface area (Å²) in [5.41, 5.74) is 0. The molecular formula is C12H14BrClN2. The van der Waals surface area contributed by atoms with E-state index < -0.39 is 0 Å². The maximum Gasteiger partial charge on any atom is 0.147 e. The Morgan fingerprint density at radius 3 is 2.69 bits per heavy atom. The van der Waals surface area contributed by atoms with Crippen molar-refractivity contribution < 1.29 is 0 Å². The first-order chi connectivity index (χ1) is 7.74. The molecule has 2 saturated carbocycles. The number of anilines is 1. The van der Waals surface area contributed by atoms with Crippen molar-refractivity contribution in [1.82, 2.24) is 4.98 Å². The molecule has 0 N–H and O–H groups in total. The minimum absolute atomic E-state index is 0.687. The monoisotopic (exact) mass is 300 g/mol. The van der Waals surface area contributed by atoms with Crippen LogP contribution in [-0.4, -0.2) is 17.6 Å². The Bertz CT molecular complexity index is 402. The molecule has 0 bridgehead atoms. The van der Waals surface area contributed by atoms with E-state index in [4.69, 9.17) is 11.6 Å². The van der Waals surface area contributed by atoms with Gasteiger partial charge in [0.1, 0.15) is 5.82 Å². The predicted molar refractivity (Wildman–Crippen MR) is 70.0 cm³/mol. The molecule has 2 fully saturated rings. The molecule has 0 unspecified atom stereocenters. The summed E-state index contributed by atoms with van der Waals surface area (Å²) in [6, 6.07) is 2.62. The second-order valence-corrected chi connectivity index (χ2v) is 6.11. The van der Waals surface area contributed by atoms with Crippen LogP contribution in [0.1, 0.15) is 25.7 Å². The molecule has 86 valence electrons. The van der Waals surface area contributed by atoms with Crippen molar-refractivity contribution >= 4 is 33.3 Å². The number of hydrogen-bond donors (Lipinski definition) is 0. The van der Waals surface area contributed by atoms with Gasteiger partial charge in [0.15, 0.2) is 0 Å². The Balaban J connectivity index is 1.85. The van der Waals surface area contributed by atoms with Crippen molar-refractivity contribution in [2.24, 2.45) is 5.92 Å². The average molecular weight is 302 g/mol. The molecule has 0 spiro atoms. The summed E-state index contributed by atoms with van der Waals surface area (Å²) < 4.78 is 0.948. The molecule has 3 rings (SSSR count). The number of hydrogen-bond acceptors (Lipinski definition) is 2. The van der Waals surface area contributed by atoms with Gasteiger partial charge in [0.05, 0.1) is 5.02 Å². The third kappa shape index (κ3) is 2.35. The van der Waals surface area contributed by atoms with E-state index in [9.17, 15) is 0 Å². The minimum Gasteiger partial charge on any atom is -0.352 e. The number of halogens is 2. The topological polar surface area (TPSA) is 16.1 Å². The first kappa shape index (κ1) is 10.8. The second-order valence-electron chi connectivity index (χ2n) is 4.79. The molecule has 0 amide bonds. The van der Waals surface area contributed by atoms with Gasteiger partial charge in [-0.15, -0.1) is 0 Å². The number of pyridine rings is 1. The highest BCUT2D eigenvalue weighted by Crippen LogP contribution is 2.39. The van der Waals surface area contributed by atoms with Gasteiger partial charge in [0, 0.05) is 23.3 Å². The maximum atomic E-state index is 6.27. The first-order valence-electron chi connectivity index (χ1n) is 5.82. The normalized spacial score (nSPS) is 19.9. The lowest BCUT2D eigenvalue weighted by atomic mass is 10.3. The molecule has 0 atom stereocenters. The molecule has 0 radical (unpaired) electrons. The highest BCUT2D eigenvalue weighted by atomic mass is 79.9. The Morgan fingerprint density at radius 2 is 2.12 bits per heavy atom. The Kier molecular flexibility index (Phi) is 2.84. The van der Waals surface area contributed by atoms with E-state index in [0.717, 1.165) is 27.8 Å². The summed E-state index contributed by atoms with van der Waals surface area (Å²) in [5.74, 6) is 1.85. The van der Waals surface area contributed by atoms with Crippen molar-refractivity contribution in [2.75, 3.05) is 11.4 Å². The number of nitrogens with zero attached hydrogens (tertiary/aromatic N) is 2. The fourth-order valence-electron chi connectivity index (χ4n) is 1.99. The van der Waals surface area contributed by atoms with Crippen LogP contribution in [0.5, 0.6) is 0 Å². The molecule has 0 aliphatic heterocycles. The van der Waals surface area contributed by atoms with Gasteiger partial charge in [-0.3, -0.25) is 0 Å². The van der Waals surface area contributed by atoms with E-state index in [0.29, 0.717) is 6.04 Å². The Morgan fingerprint density at radius 1 is 1.38 bits per heavy atom. The molecule has 4 heteroatoms. The van der Waals surface area contributed by atoms with Crippen LogP contribution in [0.15, 0.2) is 16.7 Å². The van der Waals surface area contributed by atoms with Crippen molar-refractivity contribution in [3.63, 3.8) is 0 Å². The number of rotatable bonds is 4. The predicted octanol–water partition coefficient (Wildman–Crippen LogP) is 3.88. The maximum absolute atomic E-state index is 6.27. The van der Waals surface area contributed by atoms with Crippen LogP contribution in [0, 0.1) is 5.92 Å². The van der Waals surface area contributed by atoms with Crippen LogP contribution in [0.3, 0.4) is 0 Å². The summed E-state index contributed by atoms with van der Waals surface area (Å²) in [4.78, 5) is 6.88. The molecule has 2 aliphatic rings. The van der Waals surface area contributed by atoms with E-state index in [2.05, 4.69) is 25.8 Å². The van der Waals surface area contributed by atoms with Crippen LogP contribution < -0.4 is 4.90 Å². The van der Waals surface area contributed by atoms with E-state index in [1.165, 1.54) is 25.7 Å². The third-order valence-corrected chi connectivity index (χ3v) is 3.91. The zero-order chi connectivity index (χ0) is 11.1. The van der Waals surface area contributed by atoms with E-state index in [1.807, 2.05) is 12.3 Å². The van der Waals surface area contributed by atoms with Crippen LogP contribution in [0.25, 0.3) is 0 Å². The van der Waals surface area contributed by atoms with Gasteiger partial charge in [-0.1, -0.05) is 11.6 Å². The smallest absolute Gasteiger partial charge is 0.147 e. The molecule has 1 heterocycles. The van der Waals surface area contributed by atoms with Gasteiger partial charge in [0.2, 0.25) is 0 Å². The van der Waals surface area contributed by atoms with E-state index in [-0.39, 0.29) is 0 Å². The van der Waals surface area contributed by atoms with Gasteiger partial charge < -0.3 is 4.90 Å². The fourth-order valence-corrected chi connectivity index (χ4v) is 2.73. The molecule has 2 nitrogen and oxygen atoms in total. The molecule has 2 aliphatic carbocycles. The fraction of sp³-hybridized carbons (Fsp3) is 0.583. The third-order valence-electron chi connectivity index (χ3n) is 3.20. The van der Waals surface area contributed by atoms with Crippen LogP contribution in [0.4, 0.5) is 5.82 Å². The molecule has 16 heavy (non-hydrogen) atoms. The second kappa shape index (κ2) is 4.19. The summed E-state index contributed by atoms with van der Waals surface area (Å²) in [7, 11) is 0. The zero-order valence-corrected chi connectivity index (χ0v) is 11.3. The van der Waals surface area contributed by atoms with Crippen molar-refractivity contribution in [3.05, 3.63) is 21.8 Å². The minimum atomic E-state index is 0.687. The van der Waals surface area contributed by atoms with E-state index >= 15 is 0 Å². The van der Waals surface area contributed by atoms with Crippen molar-refractivity contribution in [1.29, 1.82) is 0 Å². The van der Waals surface area contributed by atoms with E-state index in [1.54, 1.807) is 0 Å². The van der Waals surface area contributed by atoms with Gasteiger partial charge in [0.25, 0.3) is 0 Å². The summed E-state index contributed by atoms with van der Waals surface area (Å²) in [6.07, 6.45) is 7.17. The molecular weight excluding hydrogens is 288 g/mol. The Hall–Kier alpha value is -0.280. The number of aromatic nitrogens is 1. The van der Waals surface area contributed by atoms with Crippen molar-refractivity contribution in [2.45, 2.75) is 31.7 Å². The Labute approximate surface area is 109 Å². The summed E-state index contributed by atoms with van der Waals surface area (Å²) in [6.45, 7) is 1.14. The highest BCUT2D eigenvalue weighted by Gasteiger charge is 2.35. The summed E-state index contributed by atoms with van der Waals surface area (Å²) in [5, 5.41) is 0.766. The van der Waals surface area contributed by atoms with Crippen LogP contribution >= 0.6 is 27.5 Å². The standard InChI is InChI=1S/C12H14BrClN2/c13-9-5-11(14)12(15-6-9)16(10-3-4-10)7-8-1-2-8/h5-6,8,10H,1-4,7H2. The lowest BCUT2D eigenvalue weighted by Gasteiger charge is -2.24. The van der Waals surface area contributed by atoms with Crippen LogP contribution in [0.2, 0.25) is 5.02 Å². The molecule has 0 aromatic carbocycles. The largest absolute Gasteiger partial charge is 0.352 e. The zero-order valence-electron chi connectivity index (χ0n) is 9.00. The highest BCUT2D eigenvalue weighted by molar-refractivity contribution is 9.10. The lowest BCUT2D eigenvalue weighted by molar-refractivity contribution is 0.709. The molecule has 1 aromatic heterocycles. The van der Waals surface area contributed by atoms with Gasteiger partial charge in [-0.25, -0.2) is 4.98 Å². The molecule has 0 saturated heterocycles. The van der Waals surface area contributed by atoms with Crippen LogP contribution in [-0.2, 0) is 0 Å². The van der Waals surface area contributed by atoms with Gasteiger partial charge in [-0.05, 0) is 53.6 Å². The SMILES string of the molecule is Clc1cc(Br)cnc1N(CC1CC1)C1CC1. The van der Waals surface area contributed by atoms with Crippen molar-refractivity contribution in [3.8, 4) is 0 Å². The van der Waals surface area contributed by atoms with Gasteiger partial charge >= 0.3 is 0 Å². The average Bonchev–Trinajstić information content (AvgIpc) is 3.11. The summed E-state index contributed by atoms with van der Waals surface area (Å²) >= 11 is 9.66. The molecule has 1 aromatic rings.